The molecule has 3 rings (SSSR count). The standard InChI is InChI=1S/C15H12Cl2IN3/c1-9-5-7-19-15-14(9)20-13(4-6-16)21(15)12-3-2-10(17)8-11(12)18/h2-3,5,7-8H,4,6H2,1H3. The van der Waals surface area contributed by atoms with E-state index in [0.717, 1.165) is 36.8 Å². The minimum absolute atomic E-state index is 0.520. The summed E-state index contributed by atoms with van der Waals surface area (Å²) in [5.41, 5.74) is 3.91. The number of fused-ring (bicyclic) bond motifs is 1. The number of hydrogen-bond donors (Lipinski definition) is 0. The van der Waals surface area contributed by atoms with Gasteiger partial charge in [0.25, 0.3) is 0 Å². The highest BCUT2D eigenvalue weighted by atomic mass is 127. The first kappa shape index (κ1) is 15.1. The molecule has 2 aromatic heterocycles. The van der Waals surface area contributed by atoms with Crippen LogP contribution in [0.15, 0.2) is 30.5 Å². The minimum Gasteiger partial charge on any atom is -0.280 e. The van der Waals surface area contributed by atoms with Crippen LogP contribution in [0.25, 0.3) is 16.9 Å². The molecule has 0 spiro atoms. The third kappa shape index (κ3) is 2.76. The molecule has 108 valence electrons. The fourth-order valence-corrected chi connectivity index (χ4v) is 3.59. The summed E-state index contributed by atoms with van der Waals surface area (Å²) in [6.45, 7) is 2.04. The number of imidazole rings is 1. The molecule has 0 radical (unpaired) electrons. The minimum atomic E-state index is 0.520. The van der Waals surface area contributed by atoms with Crippen LogP contribution in [0.5, 0.6) is 0 Å². The number of rotatable bonds is 3. The van der Waals surface area contributed by atoms with E-state index in [1.807, 2.05) is 37.4 Å². The largest absolute Gasteiger partial charge is 0.280 e. The maximum absolute atomic E-state index is 6.06. The van der Waals surface area contributed by atoms with Gasteiger partial charge in [0.15, 0.2) is 5.65 Å². The van der Waals surface area contributed by atoms with E-state index in [-0.39, 0.29) is 0 Å². The summed E-state index contributed by atoms with van der Waals surface area (Å²) in [4.78, 5) is 9.23. The zero-order valence-electron chi connectivity index (χ0n) is 11.3. The van der Waals surface area contributed by atoms with Crippen molar-refractivity contribution in [3.05, 3.63) is 50.4 Å². The molecule has 21 heavy (non-hydrogen) atoms. The Hall–Kier alpha value is -0.850. The molecule has 0 N–H and O–H groups in total. The number of hydrogen-bond acceptors (Lipinski definition) is 2. The Kier molecular flexibility index (Phi) is 4.38. The van der Waals surface area contributed by atoms with Gasteiger partial charge in [-0.3, -0.25) is 4.57 Å². The quantitative estimate of drug-likeness (QED) is 0.441. The number of pyridine rings is 1. The van der Waals surface area contributed by atoms with Gasteiger partial charge in [-0.05, 0) is 59.3 Å². The number of nitrogens with zero attached hydrogens (tertiary/aromatic N) is 3. The molecular formula is C15H12Cl2IN3. The van der Waals surface area contributed by atoms with Gasteiger partial charge in [-0.1, -0.05) is 11.6 Å². The summed E-state index contributed by atoms with van der Waals surface area (Å²) in [6, 6.07) is 7.78. The van der Waals surface area contributed by atoms with E-state index in [2.05, 4.69) is 32.1 Å². The van der Waals surface area contributed by atoms with Crippen molar-refractivity contribution >= 4 is 57.0 Å². The lowest BCUT2D eigenvalue weighted by molar-refractivity contribution is 0.902. The molecule has 0 bridgehead atoms. The Morgan fingerprint density at radius 2 is 2.10 bits per heavy atom. The second kappa shape index (κ2) is 6.10. The Bertz CT molecular complexity index is 814. The number of benzene rings is 1. The molecule has 2 heterocycles. The average Bonchev–Trinajstić information content (AvgIpc) is 2.79. The van der Waals surface area contributed by atoms with E-state index in [1.54, 1.807) is 0 Å². The van der Waals surface area contributed by atoms with Gasteiger partial charge in [-0.2, -0.15) is 0 Å². The van der Waals surface area contributed by atoms with E-state index < -0.39 is 0 Å². The molecule has 0 aliphatic heterocycles. The van der Waals surface area contributed by atoms with Crippen LogP contribution in [0.1, 0.15) is 11.4 Å². The fourth-order valence-electron chi connectivity index (χ4n) is 2.31. The van der Waals surface area contributed by atoms with Gasteiger partial charge >= 0.3 is 0 Å². The molecular weight excluding hydrogens is 420 g/mol. The van der Waals surface area contributed by atoms with Gasteiger partial charge in [0, 0.05) is 27.1 Å². The molecule has 0 aliphatic carbocycles. The predicted molar refractivity (Wildman–Crippen MR) is 95.8 cm³/mol. The van der Waals surface area contributed by atoms with Crippen LogP contribution >= 0.6 is 45.8 Å². The molecule has 0 fully saturated rings. The van der Waals surface area contributed by atoms with E-state index in [1.165, 1.54) is 0 Å². The van der Waals surface area contributed by atoms with Crippen molar-refractivity contribution in [1.82, 2.24) is 14.5 Å². The molecule has 0 amide bonds. The van der Waals surface area contributed by atoms with E-state index in [0.29, 0.717) is 12.3 Å². The third-order valence-corrected chi connectivity index (χ3v) is 4.57. The molecule has 0 saturated carbocycles. The Morgan fingerprint density at radius 3 is 2.81 bits per heavy atom. The third-order valence-electron chi connectivity index (χ3n) is 3.29. The highest BCUT2D eigenvalue weighted by molar-refractivity contribution is 14.1. The normalized spacial score (nSPS) is 11.2. The van der Waals surface area contributed by atoms with Crippen molar-refractivity contribution in [2.75, 3.05) is 5.88 Å². The SMILES string of the molecule is Cc1ccnc2c1nc(CCCl)n2-c1ccc(Cl)cc1I. The molecule has 1 aromatic carbocycles. The summed E-state index contributed by atoms with van der Waals surface area (Å²) in [6.07, 6.45) is 2.50. The number of aromatic nitrogens is 3. The van der Waals surface area contributed by atoms with Crippen LogP contribution in [0, 0.1) is 10.5 Å². The first-order valence-electron chi connectivity index (χ1n) is 6.46. The summed E-state index contributed by atoms with van der Waals surface area (Å²) < 4.78 is 3.13. The lowest BCUT2D eigenvalue weighted by Gasteiger charge is -2.10. The van der Waals surface area contributed by atoms with E-state index in [4.69, 9.17) is 28.2 Å². The second-order valence-electron chi connectivity index (χ2n) is 4.70. The van der Waals surface area contributed by atoms with Crippen LogP contribution in [0.3, 0.4) is 0 Å². The average molecular weight is 432 g/mol. The van der Waals surface area contributed by atoms with Crippen LogP contribution in [-0.4, -0.2) is 20.4 Å². The maximum atomic E-state index is 6.06. The van der Waals surface area contributed by atoms with Crippen LogP contribution in [-0.2, 0) is 6.42 Å². The number of halogens is 3. The lowest BCUT2D eigenvalue weighted by Crippen LogP contribution is -2.04. The Labute approximate surface area is 146 Å². The molecule has 3 nitrogen and oxygen atoms in total. The van der Waals surface area contributed by atoms with Gasteiger partial charge in [0.2, 0.25) is 0 Å². The summed E-state index contributed by atoms with van der Waals surface area (Å²) in [5.74, 6) is 1.44. The summed E-state index contributed by atoms with van der Waals surface area (Å²) >= 11 is 14.3. The van der Waals surface area contributed by atoms with Crippen molar-refractivity contribution in [2.45, 2.75) is 13.3 Å². The first-order valence-corrected chi connectivity index (χ1v) is 8.45. The van der Waals surface area contributed by atoms with E-state index in [9.17, 15) is 0 Å². The van der Waals surface area contributed by atoms with Gasteiger partial charge in [-0.25, -0.2) is 9.97 Å². The van der Waals surface area contributed by atoms with Gasteiger partial charge in [0.1, 0.15) is 11.3 Å². The second-order valence-corrected chi connectivity index (χ2v) is 6.67. The zero-order valence-corrected chi connectivity index (χ0v) is 14.9. The topological polar surface area (TPSA) is 30.7 Å². The number of aryl methyl sites for hydroxylation is 2. The van der Waals surface area contributed by atoms with Crippen LogP contribution in [0.2, 0.25) is 5.02 Å². The van der Waals surface area contributed by atoms with Gasteiger partial charge in [-0.15, -0.1) is 11.6 Å². The zero-order chi connectivity index (χ0) is 15.0. The molecule has 0 saturated heterocycles. The lowest BCUT2D eigenvalue weighted by atomic mass is 10.2. The Balaban J connectivity index is 2.33. The van der Waals surface area contributed by atoms with Gasteiger partial charge in [0.05, 0.1) is 5.69 Å². The number of alkyl halides is 1. The summed E-state index contributed by atoms with van der Waals surface area (Å²) in [5, 5.41) is 0.718. The first-order chi connectivity index (χ1) is 10.1. The van der Waals surface area contributed by atoms with Crippen molar-refractivity contribution in [1.29, 1.82) is 0 Å². The highest BCUT2D eigenvalue weighted by Crippen LogP contribution is 2.27. The maximum Gasteiger partial charge on any atom is 0.164 e. The molecule has 3 aromatic rings. The smallest absolute Gasteiger partial charge is 0.164 e. The van der Waals surface area contributed by atoms with Crippen molar-refractivity contribution in [3.63, 3.8) is 0 Å². The highest BCUT2D eigenvalue weighted by Gasteiger charge is 2.16. The Morgan fingerprint density at radius 1 is 1.29 bits per heavy atom. The predicted octanol–water partition coefficient (Wildman–Crippen LogP) is 4.77. The van der Waals surface area contributed by atoms with Crippen molar-refractivity contribution in [3.8, 4) is 5.69 Å². The van der Waals surface area contributed by atoms with Crippen molar-refractivity contribution in [2.24, 2.45) is 0 Å². The molecule has 6 heteroatoms. The molecule has 0 unspecified atom stereocenters. The monoisotopic (exact) mass is 431 g/mol. The molecule has 0 aliphatic rings. The van der Waals surface area contributed by atoms with Gasteiger partial charge < -0.3 is 0 Å². The van der Waals surface area contributed by atoms with E-state index >= 15 is 0 Å². The summed E-state index contributed by atoms with van der Waals surface area (Å²) in [7, 11) is 0. The molecule has 0 atom stereocenters. The fraction of sp³-hybridized carbons (Fsp3) is 0.200. The van der Waals surface area contributed by atoms with Crippen LogP contribution < -0.4 is 0 Å². The van der Waals surface area contributed by atoms with Crippen LogP contribution in [0.4, 0.5) is 0 Å². The van der Waals surface area contributed by atoms with Crippen molar-refractivity contribution < 1.29 is 0 Å².